The van der Waals surface area contributed by atoms with E-state index in [2.05, 4.69) is 44.3 Å². The van der Waals surface area contributed by atoms with E-state index in [0.29, 0.717) is 40.2 Å². The van der Waals surface area contributed by atoms with Crippen molar-refractivity contribution in [3.05, 3.63) is 71.7 Å². The standard InChI is InChI=1S/C24H25N9/c1-14(2)16-9-23(33-30-12-16)32-22-7-5-19-20(31-22)8-17(11-28-19)18(13-27-3)24(26)15-4-6-21(25)29-10-15/h4-14H,26H2,1-3H3,(H2,25,29)(H,31,32,33). The van der Waals surface area contributed by atoms with E-state index in [9.17, 15) is 0 Å². The van der Waals surface area contributed by atoms with E-state index in [-0.39, 0.29) is 0 Å². The largest absolute Gasteiger partial charge is 0.398 e. The summed E-state index contributed by atoms with van der Waals surface area (Å²) < 4.78 is 0. The lowest BCUT2D eigenvalue weighted by Gasteiger charge is -2.11. The van der Waals surface area contributed by atoms with Gasteiger partial charge >= 0.3 is 0 Å². The number of nitrogens with zero attached hydrogens (tertiary/aromatic N) is 6. The molecule has 0 unspecified atom stereocenters. The fourth-order valence-electron chi connectivity index (χ4n) is 3.26. The molecule has 9 nitrogen and oxygen atoms in total. The molecule has 4 rings (SSSR count). The number of aromatic nitrogens is 5. The predicted octanol–water partition coefficient (Wildman–Crippen LogP) is 3.79. The summed E-state index contributed by atoms with van der Waals surface area (Å²) in [6.45, 7) is 4.22. The molecular formula is C24H25N9. The van der Waals surface area contributed by atoms with Gasteiger partial charge in [0.25, 0.3) is 0 Å². The molecule has 33 heavy (non-hydrogen) atoms. The molecule has 4 aromatic heterocycles. The molecular weight excluding hydrogens is 414 g/mol. The first kappa shape index (κ1) is 21.8. The molecule has 0 spiro atoms. The molecule has 4 heterocycles. The number of nitrogens with one attached hydrogen (secondary N) is 1. The van der Waals surface area contributed by atoms with Crippen LogP contribution in [0.2, 0.25) is 0 Å². The first-order chi connectivity index (χ1) is 15.9. The number of aliphatic imine (C=N–C) groups is 1. The number of anilines is 3. The summed E-state index contributed by atoms with van der Waals surface area (Å²) in [5.41, 5.74) is 17.5. The number of hydrogen-bond acceptors (Lipinski definition) is 9. The molecule has 4 aromatic rings. The van der Waals surface area contributed by atoms with Gasteiger partial charge < -0.3 is 16.8 Å². The van der Waals surface area contributed by atoms with Gasteiger partial charge in [0.05, 0.1) is 17.2 Å². The van der Waals surface area contributed by atoms with Gasteiger partial charge in [0.2, 0.25) is 0 Å². The molecule has 0 saturated heterocycles. The van der Waals surface area contributed by atoms with Crippen molar-refractivity contribution in [2.45, 2.75) is 19.8 Å². The number of allylic oxidation sites excluding steroid dienone is 1. The minimum atomic E-state index is 0.351. The summed E-state index contributed by atoms with van der Waals surface area (Å²) in [6, 6.07) is 11.2. The van der Waals surface area contributed by atoms with Crippen LogP contribution in [0.25, 0.3) is 22.3 Å². The number of nitrogens with two attached hydrogens (primary N) is 2. The smallest absolute Gasteiger partial charge is 0.154 e. The summed E-state index contributed by atoms with van der Waals surface area (Å²) in [4.78, 5) is 17.6. The van der Waals surface area contributed by atoms with Gasteiger partial charge in [-0.1, -0.05) is 13.8 Å². The van der Waals surface area contributed by atoms with E-state index in [4.69, 9.17) is 16.5 Å². The first-order valence-corrected chi connectivity index (χ1v) is 10.4. The molecule has 0 saturated carbocycles. The number of hydrogen-bond donors (Lipinski definition) is 3. The fraction of sp³-hybridized carbons (Fsp3) is 0.167. The molecule has 0 amide bonds. The predicted molar refractivity (Wildman–Crippen MR) is 133 cm³/mol. The van der Waals surface area contributed by atoms with Crippen molar-refractivity contribution in [2.75, 3.05) is 18.1 Å². The Morgan fingerprint density at radius 1 is 0.970 bits per heavy atom. The third-order valence-corrected chi connectivity index (χ3v) is 5.09. The van der Waals surface area contributed by atoms with E-state index in [1.807, 2.05) is 30.3 Å². The second kappa shape index (κ2) is 9.39. The maximum Gasteiger partial charge on any atom is 0.154 e. The van der Waals surface area contributed by atoms with Crippen molar-refractivity contribution in [2.24, 2.45) is 10.7 Å². The van der Waals surface area contributed by atoms with Crippen LogP contribution in [0, 0.1) is 0 Å². The molecule has 0 aliphatic heterocycles. The quantitative estimate of drug-likeness (QED) is 0.385. The maximum atomic E-state index is 6.45. The van der Waals surface area contributed by atoms with Crippen LogP contribution in [-0.4, -0.2) is 38.4 Å². The van der Waals surface area contributed by atoms with Crippen LogP contribution >= 0.6 is 0 Å². The van der Waals surface area contributed by atoms with Crippen LogP contribution in [0.4, 0.5) is 17.5 Å². The third kappa shape index (κ3) is 4.93. The lowest BCUT2D eigenvalue weighted by atomic mass is 10.0. The Morgan fingerprint density at radius 3 is 2.52 bits per heavy atom. The van der Waals surface area contributed by atoms with Crippen molar-refractivity contribution >= 4 is 46.0 Å². The zero-order chi connectivity index (χ0) is 23.4. The van der Waals surface area contributed by atoms with Gasteiger partial charge in [0.15, 0.2) is 5.82 Å². The first-order valence-electron chi connectivity index (χ1n) is 10.4. The monoisotopic (exact) mass is 439 g/mol. The maximum absolute atomic E-state index is 6.45. The van der Waals surface area contributed by atoms with Crippen LogP contribution in [0.15, 0.2) is 60.0 Å². The number of rotatable bonds is 6. The van der Waals surface area contributed by atoms with Gasteiger partial charge in [0, 0.05) is 48.1 Å². The third-order valence-electron chi connectivity index (χ3n) is 5.09. The van der Waals surface area contributed by atoms with Crippen LogP contribution in [0.5, 0.6) is 0 Å². The summed E-state index contributed by atoms with van der Waals surface area (Å²) in [6.07, 6.45) is 6.85. The lowest BCUT2D eigenvalue weighted by molar-refractivity contribution is 0.843. The highest BCUT2D eigenvalue weighted by atomic mass is 15.2. The highest BCUT2D eigenvalue weighted by Gasteiger charge is 2.11. The molecule has 9 heteroatoms. The van der Waals surface area contributed by atoms with Crippen LogP contribution in [-0.2, 0) is 0 Å². The van der Waals surface area contributed by atoms with E-state index >= 15 is 0 Å². The van der Waals surface area contributed by atoms with E-state index in [1.165, 1.54) is 0 Å². The van der Waals surface area contributed by atoms with E-state index in [1.54, 1.807) is 37.9 Å². The SMILES string of the molecule is CN=CC(=C(N)c1ccc(N)nc1)c1cnc2ccc(Nc3cc(C(C)C)cnn3)nc2c1. The van der Waals surface area contributed by atoms with Crippen LogP contribution in [0.1, 0.15) is 36.5 Å². The average molecular weight is 440 g/mol. The topological polar surface area (TPSA) is 141 Å². The highest BCUT2D eigenvalue weighted by Crippen LogP contribution is 2.25. The summed E-state index contributed by atoms with van der Waals surface area (Å²) in [7, 11) is 1.69. The molecule has 0 aliphatic rings. The summed E-state index contributed by atoms with van der Waals surface area (Å²) >= 11 is 0. The second-order valence-corrected chi connectivity index (χ2v) is 7.80. The molecule has 0 fully saturated rings. The van der Waals surface area contributed by atoms with Crippen molar-refractivity contribution in [3.63, 3.8) is 0 Å². The minimum absolute atomic E-state index is 0.351. The Bertz CT molecular complexity index is 1340. The van der Waals surface area contributed by atoms with Crippen LogP contribution < -0.4 is 16.8 Å². The fourth-order valence-corrected chi connectivity index (χ4v) is 3.26. The lowest BCUT2D eigenvalue weighted by Crippen LogP contribution is -2.04. The van der Waals surface area contributed by atoms with Gasteiger partial charge in [-0.15, -0.1) is 5.10 Å². The van der Waals surface area contributed by atoms with Crippen molar-refractivity contribution < 1.29 is 0 Å². The Labute approximate surface area is 191 Å². The van der Waals surface area contributed by atoms with Gasteiger partial charge in [-0.25, -0.2) is 9.97 Å². The van der Waals surface area contributed by atoms with Gasteiger partial charge in [-0.3, -0.25) is 9.98 Å². The molecule has 0 aromatic carbocycles. The number of fused-ring (bicyclic) bond motifs is 1. The molecule has 5 N–H and O–H groups in total. The van der Waals surface area contributed by atoms with Gasteiger partial charge in [-0.05, 0) is 47.9 Å². The second-order valence-electron chi connectivity index (χ2n) is 7.80. The number of pyridine rings is 3. The highest BCUT2D eigenvalue weighted by molar-refractivity contribution is 6.19. The summed E-state index contributed by atoms with van der Waals surface area (Å²) in [5, 5.41) is 11.5. The minimum Gasteiger partial charge on any atom is -0.398 e. The Kier molecular flexibility index (Phi) is 6.21. The van der Waals surface area contributed by atoms with Gasteiger partial charge in [-0.2, -0.15) is 5.10 Å². The zero-order valence-electron chi connectivity index (χ0n) is 18.7. The van der Waals surface area contributed by atoms with E-state index < -0.39 is 0 Å². The molecule has 0 radical (unpaired) electrons. The Balaban J connectivity index is 1.72. The molecule has 0 atom stereocenters. The van der Waals surface area contributed by atoms with Crippen molar-refractivity contribution in [1.82, 2.24) is 25.1 Å². The molecule has 166 valence electrons. The molecule has 0 bridgehead atoms. The normalized spacial score (nSPS) is 12.4. The van der Waals surface area contributed by atoms with Crippen molar-refractivity contribution in [1.29, 1.82) is 0 Å². The Morgan fingerprint density at radius 2 is 1.79 bits per heavy atom. The number of nitrogen functional groups attached to an aromatic ring is 1. The van der Waals surface area contributed by atoms with Crippen LogP contribution in [0.3, 0.4) is 0 Å². The average Bonchev–Trinajstić information content (AvgIpc) is 2.82. The van der Waals surface area contributed by atoms with E-state index in [0.717, 1.165) is 22.2 Å². The molecule has 0 aliphatic carbocycles. The van der Waals surface area contributed by atoms with Crippen molar-refractivity contribution in [3.8, 4) is 0 Å². The zero-order valence-corrected chi connectivity index (χ0v) is 18.7. The summed E-state index contributed by atoms with van der Waals surface area (Å²) in [5.74, 6) is 2.06. The Hall–Kier alpha value is -4.40. The van der Waals surface area contributed by atoms with Gasteiger partial charge in [0.1, 0.15) is 11.6 Å².